The Morgan fingerprint density at radius 2 is 2.44 bits per heavy atom. The third-order valence-corrected chi connectivity index (χ3v) is 2.63. The van der Waals surface area contributed by atoms with Crippen molar-refractivity contribution in [2.75, 3.05) is 26.3 Å². The Balaban J connectivity index is 1.90. The van der Waals surface area contributed by atoms with Crippen LogP contribution in [0.2, 0.25) is 5.02 Å². The van der Waals surface area contributed by atoms with Crippen LogP contribution in [-0.4, -0.2) is 32.4 Å². The summed E-state index contributed by atoms with van der Waals surface area (Å²) in [4.78, 5) is 0. The van der Waals surface area contributed by atoms with E-state index in [4.69, 9.17) is 21.1 Å². The highest BCUT2D eigenvalue weighted by Crippen LogP contribution is 2.25. The summed E-state index contributed by atoms with van der Waals surface area (Å²) in [5.74, 6) is -0.00192. The molecule has 0 amide bonds. The van der Waals surface area contributed by atoms with Crippen molar-refractivity contribution in [2.45, 2.75) is 6.10 Å². The van der Waals surface area contributed by atoms with Gasteiger partial charge in [0.1, 0.15) is 24.3 Å². The first-order valence-corrected chi connectivity index (χ1v) is 5.53. The Hall–Kier alpha value is -0.840. The van der Waals surface area contributed by atoms with Crippen LogP contribution in [-0.2, 0) is 4.74 Å². The molecule has 16 heavy (non-hydrogen) atoms. The number of rotatable bonds is 3. The molecule has 1 atom stereocenters. The van der Waals surface area contributed by atoms with E-state index in [-0.39, 0.29) is 11.9 Å². The van der Waals surface area contributed by atoms with Crippen molar-refractivity contribution in [1.82, 2.24) is 5.32 Å². The number of morpholine rings is 1. The third-order valence-electron chi connectivity index (χ3n) is 2.32. The molecule has 0 radical (unpaired) electrons. The number of halogens is 2. The Bertz CT molecular complexity index is 356. The van der Waals surface area contributed by atoms with Gasteiger partial charge in [0.2, 0.25) is 0 Å². The van der Waals surface area contributed by atoms with Crippen molar-refractivity contribution in [3.8, 4) is 5.75 Å². The van der Waals surface area contributed by atoms with Gasteiger partial charge >= 0.3 is 0 Å². The van der Waals surface area contributed by atoms with E-state index in [2.05, 4.69) is 5.32 Å². The first-order chi connectivity index (χ1) is 7.75. The Morgan fingerprint density at radius 1 is 1.56 bits per heavy atom. The number of nitrogens with one attached hydrogen (secondary N) is 1. The lowest BCUT2D eigenvalue weighted by molar-refractivity contribution is 0.000160. The van der Waals surface area contributed by atoms with Crippen LogP contribution in [0.1, 0.15) is 0 Å². The monoisotopic (exact) mass is 245 g/mol. The van der Waals surface area contributed by atoms with E-state index >= 15 is 0 Å². The van der Waals surface area contributed by atoms with E-state index in [1.165, 1.54) is 18.2 Å². The first-order valence-electron chi connectivity index (χ1n) is 5.16. The van der Waals surface area contributed by atoms with Crippen molar-refractivity contribution in [1.29, 1.82) is 0 Å². The minimum atomic E-state index is -0.359. The summed E-state index contributed by atoms with van der Waals surface area (Å²) in [6.45, 7) is 2.64. The van der Waals surface area contributed by atoms with E-state index in [1.807, 2.05) is 0 Å². The zero-order valence-electron chi connectivity index (χ0n) is 8.71. The average molecular weight is 246 g/mol. The molecule has 0 saturated carbocycles. The molecule has 1 unspecified atom stereocenters. The second kappa shape index (κ2) is 5.48. The highest BCUT2D eigenvalue weighted by molar-refractivity contribution is 6.32. The third kappa shape index (κ3) is 3.07. The van der Waals surface area contributed by atoms with Crippen molar-refractivity contribution in [3.05, 3.63) is 29.0 Å². The minimum Gasteiger partial charge on any atom is -0.489 e. The van der Waals surface area contributed by atoms with E-state index in [9.17, 15) is 4.39 Å². The summed E-state index contributed by atoms with van der Waals surface area (Å²) < 4.78 is 23.8. The summed E-state index contributed by atoms with van der Waals surface area (Å²) >= 11 is 5.87. The van der Waals surface area contributed by atoms with E-state index < -0.39 is 0 Å². The number of benzene rings is 1. The fraction of sp³-hybridized carbons (Fsp3) is 0.455. The fourth-order valence-electron chi connectivity index (χ4n) is 1.50. The predicted molar refractivity (Wildman–Crippen MR) is 59.5 cm³/mol. The van der Waals surface area contributed by atoms with Gasteiger partial charge in [0.25, 0.3) is 0 Å². The van der Waals surface area contributed by atoms with Gasteiger partial charge in [-0.15, -0.1) is 0 Å². The van der Waals surface area contributed by atoms with Crippen LogP contribution >= 0.6 is 11.6 Å². The molecule has 1 aromatic rings. The van der Waals surface area contributed by atoms with Gasteiger partial charge in [-0.05, 0) is 12.1 Å². The second-order valence-electron chi connectivity index (χ2n) is 3.58. The SMILES string of the molecule is Fc1ccc(Cl)c(OCC2CNCCO2)c1. The van der Waals surface area contributed by atoms with Crippen LogP contribution in [0.15, 0.2) is 18.2 Å². The Morgan fingerprint density at radius 3 is 3.19 bits per heavy atom. The molecule has 3 nitrogen and oxygen atoms in total. The second-order valence-corrected chi connectivity index (χ2v) is 3.99. The molecule has 1 saturated heterocycles. The molecule has 0 aromatic heterocycles. The lowest BCUT2D eigenvalue weighted by atomic mass is 10.3. The smallest absolute Gasteiger partial charge is 0.140 e. The average Bonchev–Trinajstić information content (AvgIpc) is 2.32. The van der Waals surface area contributed by atoms with E-state index in [0.29, 0.717) is 24.0 Å². The zero-order valence-corrected chi connectivity index (χ0v) is 9.47. The maximum Gasteiger partial charge on any atom is 0.140 e. The van der Waals surface area contributed by atoms with Crippen LogP contribution in [0.25, 0.3) is 0 Å². The molecule has 1 N–H and O–H groups in total. The normalized spacial score (nSPS) is 20.8. The molecule has 1 aliphatic rings. The quantitative estimate of drug-likeness (QED) is 0.882. The largest absolute Gasteiger partial charge is 0.489 e. The van der Waals surface area contributed by atoms with E-state index in [0.717, 1.165) is 13.1 Å². The molecular formula is C11H13ClFNO2. The molecule has 2 rings (SSSR count). The highest BCUT2D eigenvalue weighted by atomic mass is 35.5. The molecule has 1 aliphatic heterocycles. The summed E-state index contributed by atoms with van der Waals surface area (Å²) in [5, 5.41) is 3.59. The molecule has 1 aromatic carbocycles. The van der Waals surface area contributed by atoms with Gasteiger partial charge in [-0.1, -0.05) is 11.6 Å². The molecule has 5 heteroatoms. The van der Waals surface area contributed by atoms with Gasteiger partial charge < -0.3 is 14.8 Å². The van der Waals surface area contributed by atoms with Crippen LogP contribution < -0.4 is 10.1 Å². The first kappa shape index (κ1) is 11.6. The lowest BCUT2D eigenvalue weighted by Crippen LogP contribution is -2.41. The van der Waals surface area contributed by atoms with Crippen molar-refractivity contribution in [2.24, 2.45) is 0 Å². The number of hydrogen-bond donors (Lipinski definition) is 1. The number of hydrogen-bond acceptors (Lipinski definition) is 3. The predicted octanol–water partition coefficient (Wildman–Crippen LogP) is 1.85. The van der Waals surface area contributed by atoms with Crippen molar-refractivity contribution >= 4 is 11.6 Å². The number of ether oxygens (including phenoxy) is 2. The van der Waals surface area contributed by atoms with Gasteiger partial charge in [-0.25, -0.2) is 4.39 Å². The van der Waals surface area contributed by atoms with Gasteiger partial charge in [0.15, 0.2) is 0 Å². The van der Waals surface area contributed by atoms with Gasteiger partial charge in [-0.2, -0.15) is 0 Å². The molecule has 0 aliphatic carbocycles. The summed E-state index contributed by atoms with van der Waals surface area (Å²) in [6.07, 6.45) is -0.00640. The van der Waals surface area contributed by atoms with Gasteiger partial charge in [0.05, 0.1) is 11.6 Å². The maximum absolute atomic E-state index is 12.9. The van der Waals surface area contributed by atoms with Crippen LogP contribution in [0.4, 0.5) is 4.39 Å². The Kier molecular flexibility index (Phi) is 3.98. The molecule has 1 fully saturated rings. The molecular weight excluding hydrogens is 233 g/mol. The molecule has 0 spiro atoms. The van der Waals surface area contributed by atoms with Crippen LogP contribution in [0, 0.1) is 5.82 Å². The van der Waals surface area contributed by atoms with Gasteiger partial charge in [-0.3, -0.25) is 0 Å². The van der Waals surface area contributed by atoms with E-state index in [1.54, 1.807) is 0 Å². The minimum absolute atomic E-state index is 0.00640. The zero-order chi connectivity index (χ0) is 11.4. The molecule has 1 heterocycles. The highest BCUT2D eigenvalue weighted by Gasteiger charge is 2.14. The standard InChI is InChI=1S/C11H13ClFNO2/c12-10-2-1-8(13)5-11(10)16-7-9-6-14-3-4-15-9/h1-2,5,9,14H,3-4,6-7H2. The summed E-state index contributed by atoms with van der Waals surface area (Å²) in [5.41, 5.74) is 0. The fourth-order valence-corrected chi connectivity index (χ4v) is 1.67. The Labute approximate surface area is 98.5 Å². The molecule has 88 valence electrons. The van der Waals surface area contributed by atoms with Gasteiger partial charge in [0, 0.05) is 19.2 Å². The summed E-state index contributed by atoms with van der Waals surface area (Å²) in [7, 11) is 0. The van der Waals surface area contributed by atoms with Crippen LogP contribution in [0.3, 0.4) is 0 Å². The van der Waals surface area contributed by atoms with Crippen molar-refractivity contribution in [3.63, 3.8) is 0 Å². The molecule has 0 bridgehead atoms. The van der Waals surface area contributed by atoms with Crippen molar-refractivity contribution < 1.29 is 13.9 Å². The summed E-state index contributed by atoms with van der Waals surface area (Å²) in [6, 6.07) is 4.05. The van der Waals surface area contributed by atoms with Crippen LogP contribution in [0.5, 0.6) is 5.75 Å². The lowest BCUT2D eigenvalue weighted by Gasteiger charge is -2.23. The maximum atomic E-state index is 12.9. The topological polar surface area (TPSA) is 30.5 Å².